The number of ether oxygens (including phenoxy) is 2. The minimum Gasteiger partial charge on any atom is -0.381 e. The Hall–Kier alpha value is -0.930. The van der Waals surface area contributed by atoms with E-state index < -0.39 is 0 Å². The van der Waals surface area contributed by atoms with Crippen LogP contribution in [-0.4, -0.2) is 45.5 Å². The Balaban J connectivity index is 0.00000288. The maximum atomic E-state index is 13.1. The second kappa shape index (κ2) is 12.4. The van der Waals surface area contributed by atoms with Crippen LogP contribution in [0.4, 0.5) is 4.39 Å². The predicted molar refractivity (Wildman–Crippen MR) is 104 cm³/mol. The van der Waals surface area contributed by atoms with Crippen molar-refractivity contribution >= 4 is 29.9 Å². The number of aliphatic imine (C=N–C) groups is 1. The van der Waals surface area contributed by atoms with Crippen molar-refractivity contribution < 1.29 is 13.9 Å². The molecule has 1 heterocycles. The van der Waals surface area contributed by atoms with Crippen LogP contribution in [0.5, 0.6) is 0 Å². The molecule has 1 aromatic carbocycles. The lowest BCUT2D eigenvalue weighted by molar-refractivity contribution is -0.0320. The third kappa shape index (κ3) is 8.25. The molecule has 1 fully saturated rings. The molecule has 5 nitrogen and oxygen atoms in total. The molecule has 1 aliphatic heterocycles. The summed E-state index contributed by atoms with van der Waals surface area (Å²) in [7, 11) is 1.72. The van der Waals surface area contributed by atoms with Gasteiger partial charge in [0.15, 0.2) is 5.96 Å². The fourth-order valence-corrected chi connectivity index (χ4v) is 2.42. The third-order valence-electron chi connectivity index (χ3n) is 3.71. The van der Waals surface area contributed by atoms with Crippen molar-refractivity contribution in [3.63, 3.8) is 0 Å². The van der Waals surface area contributed by atoms with Gasteiger partial charge in [-0.3, -0.25) is 4.99 Å². The van der Waals surface area contributed by atoms with E-state index in [4.69, 9.17) is 9.47 Å². The summed E-state index contributed by atoms with van der Waals surface area (Å²) in [5, 5.41) is 6.40. The number of nitrogens with one attached hydrogen (secondary N) is 2. The Kier molecular flexibility index (Phi) is 10.9. The predicted octanol–water partition coefficient (Wildman–Crippen LogP) is 2.69. The van der Waals surface area contributed by atoms with Crippen LogP contribution in [-0.2, 0) is 16.0 Å². The first-order valence-corrected chi connectivity index (χ1v) is 8.16. The van der Waals surface area contributed by atoms with Crippen molar-refractivity contribution in [1.82, 2.24) is 10.6 Å². The highest BCUT2D eigenvalue weighted by Crippen LogP contribution is 2.10. The van der Waals surface area contributed by atoms with Crippen molar-refractivity contribution in [2.75, 3.05) is 33.4 Å². The first-order chi connectivity index (χ1) is 11.3. The molecule has 0 amide bonds. The van der Waals surface area contributed by atoms with E-state index in [0.29, 0.717) is 18.6 Å². The van der Waals surface area contributed by atoms with Gasteiger partial charge in [-0.25, -0.2) is 4.39 Å². The zero-order valence-electron chi connectivity index (χ0n) is 14.1. The van der Waals surface area contributed by atoms with Gasteiger partial charge >= 0.3 is 0 Å². The molecule has 2 rings (SSSR count). The maximum absolute atomic E-state index is 13.1. The van der Waals surface area contributed by atoms with Crippen LogP contribution >= 0.6 is 24.0 Å². The summed E-state index contributed by atoms with van der Waals surface area (Å²) in [5.74, 6) is 0.484. The SMILES string of the molecule is CN=C(NCCCOC1CCOCC1)NCc1cccc(F)c1.I. The molecule has 0 aliphatic carbocycles. The highest BCUT2D eigenvalue weighted by Gasteiger charge is 2.13. The fraction of sp³-hybridized carbons (Fsp3) is 0.588. The molecule has 7 heteroatoms. The second-order valence-corrected chi connectivity index (χ2v) is 5.52. The standard InChI is InChI=1S/C17H26FN3O2.HI/c1-19-17(21-13-14-4-2-5-15(18)12-14)20-8-3-9-23-16-6-10-22-11-7-16;/h2,4-5,12,16H,3,6-11,13H2,1H3,(H2,19,20,21);1H. The third-order valence-corrected chi connectivity index (χ3v) is 3.71. The van der Waals surface area contributed by atoms with Gasteiger partial charge < -0.3 is 20.1 Å². The number of hydrogen-bond donors (Lipinski definition) is 2. The van der Waals surface area contributed by atoms with Crippen LogP contribution in [0, 0.1) is 5.82 Å². The maximum Gasteiger partial charge on any atom is 0.191 e. The molecule has 0 bridgehead atoms. The molecular formula is C17H27FIN3O2. The van der Waals surface area contributed by atoms with E-state index in [0.717, 1.165) is 51.2 Å². The summed E-state index contributed by atoms with van der Waals surface area (Å²) in [6.45, 7) is 3.67. The molecule has 0 radical (unpaired) electrons. The highest BCUT2D eigenvalue weighted by molar-refractivity contribution is 14.0. The van der Waals surface area contributed by atoms with Gasteiger partial charge in [-0.1, -0.05) is 12.1 Å². The lowest BCUT2D eigenvalue weighted by Gasteiger charge is -2.22. The van der Waals surface area contributed by atoms with E-state index in [1.807, 2.05) is 6.07 Å². The Morgan fingerprint density at radius 1 is 1.33 bits per heavy atom. The first-order valence-electron chi connectivity index (χ1n) is 8.16. The van der Waals surface area contributed by atoms with E-state index in [-0.39, 0.29) is 29.8 Å². The molecule has 1 aliphatic rings. The van der Waals surface area contributed by atoms with Crippen LogP contribution in [0.25, 0.3) is 0 Å². The molecule has 136 valence electrons. The van der Waals surface area contributed by atoms with E-state index in [1.54, 1.807) is 13.1 Å². The highest BCUT2D eigenvalue weighted by atomic mass is 127. The summed E-state index contributed by atoms with van der Waals surface area (Å²) < 4.78 is 24.2. The molecule has 24 heavy (non-hydrogen) atoms. The van der Waals surface area contributed by atoms with Crippen LogP contribution in [0.2, 0.25) is 0 Å². The summed E-state index contributed by atoms with van der Waals surface area (Å²) in [5.41, 5.74) is 0.885. The molecule has 0 spiro atoms. The summed E-state index contributed by atoms with van der Waals surface area (Å²) in [4.78, 5) is 4.16. The summed E-state index contributed by atoms with van der Waals surface area (Å²) in [6, 6.07) is 6.54. The molecule has 2 N–H and O–H groups in total. The first kappa shape index (κ1) is 21.1. The topological polar surface area (TPSA) is 54.9 Å². The molecule has 0 saturated carbocycles. The smallest absolute Gasteiger partial charge is 0.191 e. The van der Waals surface area contributed by atoms with Crippen LogP contribution in [0.3, 0.4) is 0 Å². The van der Waals surface area contributed by atoms with Crippen molar-refractivity contribution in [2.24, 2.45) is 4.99 Å². The number of nitrogens with zero attached hydrogens (tertiary/aromatic N) is 1. The molecule has 0 unspecified atom stereocenters. The van der Waals surface area contributed by atoms with E-state index in [9.17, 15) is 4.39 Å². The van der Waals surface area contributed by atoms with Gasteiger partial charge in [0.2, 0.25) is 0 Å². The second-order valence-electron chi connectivity index (χ2n) is 5.52. The minimum atomic E-state index is -0.225. The quantitative estimate of drug-likeness (QED) is 0.290. The van der Waals surface area contributed by atoms with Crippen LogP contribution < -0.4 is 10.6 Å². The van der Waals surface area contributed by atoms with E-state index in [2.05, 4.69) is 15.6 Å². The fourth-order valence-electron chi connectivity index (χ4n) is 2.42. The number of hydrogen-bond acceptors (Lipinski definition) is 3. The summed E-state index contributed by atoms with van der Waals surface area (Å²) in [6.07, 6.45) is 3.24. The van der Waals surface area contributed by atoms with Crippen molar-refractivity contribution in [1.29, 1.82) is 0 Å². The number of benzene rings is 1. The van der Waals surface area contributed by atoms with Crippen molar-refractivity contribution in [2.45, 2.75) is 31.9 Å². The molecule has 0 atom stereocenters. The average molecular weight is 451 g/mol. The number of halogens is 2. The normalized spacial score (nSPS) is 15.7. The number of rotatable bonds is 7. The van der Waals surface area contributed by atoms with E-state index >= 15 is 0 Å². The van der Waals surface area contributed by atoms with Gasteiger partial charge in [0.25, 0.3) is 0 Å². The zero-order valence-corrected chi connectivity index (χ0v) is 16.4. The molecule has 0 aromatic heterocycles. The molecule has 1 aromatic rings. The van der Waals surface area contributed by atoms with Crippen molar-refractivity contribution in [3.05, 3.63) is 35.6 Å². The van der Waals surface area contributed by atoms with Crippen molar-refractivity contribution in [3.8, 4) is 0 Å². The summed E-state index contributed by atoms with van der Waals surface area (Å²) >= 11 is 0. The van der Waals surface area contributed by atoms with Gasteiger partial charge in [-0.15, -0.1) is 24.0 Å². The minimum absolute atomic E-state index is 0. The van der Waals surface area contributed by atoms with Gasteiger partial charge in [-0.2, -0.15) is 0 Å². The molecule has 1 saturated heterocycles. The van der Waals surface area contributed by atoms with Gasteiger partial charge in [0.05, 0.1) is 6.10 Å². The lowest BCUT2D eigenvalue weighted by Crippen LogP contribution is -2.37. The lowest BCUT2D eigenvalue weighted by atomic mass is 10.1. The monoisotopic (exact) mass is 451 g/mol. The Morgan fingerprint density at radius 2 is 2.12 bits per heavy atom. The van der Waals surface area contributed by atoms with Crippen LogP contribution in [0.1, 0.15) is 24.8 Å². The van der Waals surface area contributed by atoms with Gasteiger partial charge in [0.1, 0.15) is 5.82 Å². The Morgan fingerprint density at radius 3 is 2.83 bits per heavy atom. The average Bonchev–Trinajstić information content (AvgIpc) is 2.58. The van der Waals surface area contributed by atoms with Crippen LogP contribution in [0.15, 0.2) is 29.3 Å². The Bertz CT molecular complexity index is 496. The van der Waals surface area contributed by atoms with Gasteiger partial charge in [-0.05, 0) is 37.0 Å². The van der Waals surface area contributed by atoms with E-state index in [1.165, 1.54) is 12.1 Å². The zero-order chi connectivity index (χ0) is 16.3. The van der Waals surface area contributed by atoms with Gasteiger partial charge in [0, 0.05) is 40.0 Å². The largest absolute Gasteiger partial charge is 0.381 e. The molecular weight excluding hydrogens is 424 g/mol. The number of guanidine groups is 1. The Labute approximate surface area is 160 Å².